The van der Waals surface area contributed by atoms with Gasteiger partial charge in [-0.05, 0) is 44.1 Å². The monoisotopic (exact) mass is 516 g/mol. The fourth-order valence-corrected chi connectivity index (χ4v) is 6.91. The molecule has 0 radical (unpaired) electrons. The van der Waals surface area contributed by atoms with E-state index in [1.54, 1.807) is 0 Å². The first-order valence-corrected chi connectivity index (χ1v) is 14.9. The minimum absolute atomic E-state index is 0.0359. The van der Waals surface area contributed by atoms with Crippen LogP contribution in [0.25, 0.3) is 0 Å². The second kappa shape index (κ2) is 13.1. The lowest BCUT2D eigenvalue weighted by atomic mass is 9.73. The van der Waals surface area contributed by atoms with Gasteiger partial charge in [0.25, 0.3) is 0 Å². The minimum Gasteiger partial charge on any atom is -0.350 e. The Morgan fingerprint density at radius 1 is 1.35 bits per heavy atom. The van der Waals surface area contributed by atoms with Crippen LogP contribution >= 0.6 is 11.6 Å². The zero-order valence-electron chi connectivity index (χ0n) is 20.9. The predicted octanol–water partition coefficient (Wildman–Crippen LogP) is 1.19. The number of unbranched alkanes of at least 4 members (excludes halogenated alkanes) is 1. The molecule has 3 aliphatic rings. The number of carbonyl (C=O) groups excluding carboxylic acids is 1. The second-order valence-electron chi connectivity index (χ2n) is 10.7. The lowest BCUT2D eigenvalue weighted by Crippen LogP contribution is -2.63. The molecular formula is C24H45ClN6O2S. The van der Waals surface area contributed by atoms with Gasteiger partial charge in [0.15, 0.2) is 0 Å². The number of nitrogens with two attached hydrogens (primary N) is 2. The Hall–Kier alpha value is -0.580. The van der Waals surface area contributed by atoms with E-state index in [1.807, 2.05) is 0 Å². The maximum absolute atomic E-state index is 13.7. The van der Waals surface area contributed by atoms with Crippen LogP contribution in [0.15, 0.2) is 4.99 Å². The van der Waals surface area contributed by atoms with E-state index in [-0.39, 0.29) is 28.8 Å². The Kier molecular flexibility index (Phi) is 10.8. The number of amides is 1. The van der Waals surface area contributed by atoms with Gasteiger partial charge in [0, 0.05) is 53.7 Å². The van der Waals surface area contributed by atoms with Crippen molar-refractivity contribution in [1.29, 1.82) is 0 Å². The minimum atomic E-state index is -0.824. The largest absolute Gasteiger partial charge is 0.350 e. The molecule has 1 amide bonds. The summed E-state index contributed by atoms with van der Waals surface area (Å²) in [4.78, 5) is 20.9. The predicted molar refractivity (Wildman–Crippen MR) is 142 cm³/mol. The number of nitrogens with one attached hydrogen (secondary N) is 2. The lowest BCUT2D eigenvalue weighted by Gasteiger charge is -2.42. The first-order valence-electron chi connectivity index (χ1n) is 13.0. The highest BCUT2D eigenvalue weighted by atomic mass is 35.5. The molecule has 34 heavy (non-hydrogen) atoms. The zero-order chi connectivity index (χ0) is 24.7. The topological polar surface area (TPSA) is 126 Å². The molecule has 3 heterocycles. The van der Waals surface area contributed by atoms with Crippen molar-refractivity contribution in [3.8, 4) is 0 Å². The molecule has 3 rings (SSSR count). The number of halogens is 1. The van der Waals surface area contributed by atoms with Gasteiger partial charge in [-0.25, -0.2) is 0 Å². The number of rotatable bonds is 8. The summed E-state index contributed by atoms with van der Waals surface area (Å²) >= 11 is 6.55. The molecular weight excluding hydrogens is 472 g/mol. The fraction of sp³-hybridized carbons (Fsp3) is 0.917. The average molecular weight is 517 g/mol. The molecule has 0 aromatic carbocycles. The van der Waals surface area contributed by atoms with Crippen LogP contribution in [0.5, 0.6) is 0 Å². The molecule has 0 aromatic rings. The van der Waals surface area contributed by atoms with E-state index in [0.717, 1.165) is 70.3 Å². The van der Waals surface area contributed by atoms with Gasteiger partial charge in [0.1, 0.15) is 5.92 Å². The molecule has 196 valence electrons. The van der Waals surface area contributed by atoms with Crippen LogP contribution in [0, 0.1) is 11.3 Å². The van der Waals surface area contributed by atoms with Crippen molar-refractivity contribution in [3.63, 3.8) is 0 Å². The summed E-state index contributed by atoms with van der Waals surface area (Å²) in [5, 5.41) is 6.66. The summed E-state index contributed by atoms with van der Waals surface area (Å²) in [6, 6.07) is 0.175. The Morgan fingerprint density at radius 2 is 2.09 bits per heavy atom. The van der Waals surface area contributed by atoms with Crippen molar-refractivity contribution in [3.05, 3.63) is 0 Å². The van der Waals surface area contributed by atoms with E-state index < -0.39 is 22.9 Å². The molecule has 0 bridgehead atoms. The number of piperidine rings is 1. The third kappa shape index (κ3) is 7.71. The Balaban J connectivity index is 1.76. The maximum atomic E-state index is 13.7. The summed E-state index contributed by atoms with van der Waals surface area (Å²) in [5.41, 5.74) is 13.3. The van der Waals surface area contributed by atoms with E-state index in [2.05, 4.69) is 29.4 Å². The third-order valence-electron chi connectivity index (χ3n) is 7.78. The van der Waals surface area contributed by atoms with Gasteiger partial charge in [-0.2, -0.15) is 0 Å². The Labute approximate surface area is 212 Å². The molecule has 8 nitrogen and oxygen atoms in total. The van der Waals surface area contributed by atoms with Crippen molar-refractivity contribution >= 4 is 34.0 Å². The van der Waals surface area contributed by atoms with Crippen LogP contribution in [0.4, 0.5) is 0 Å². The molecule has 0 aliphatic carbocycles. The van der Waals surface area contributed by atoms with Crippen molar-refractivity contribution in [2.45, 2.75) is 82.4 Å². The van der Waals surface area contributed by atoms with Crippen LogP contribution in [-0.2, 0) is 15.6 Å². The van der Waals surface area contributed by atoms with Gasteiger partial charge >= 0.3 is 0 Å². The number of hydrogen-bond donors (Lipinski definition) is 4. The molecule has 0 spiro atoms. The molecule has 5 atom stereocenters. The number of aliphatic imine (C=N–C) groups is 1. The van der Waals surface area contributed by atoms with Crippen molar-refractivity contribution < 1.29 is 9.00 Å². The summed E-state index contributed by atoms with van der Waals surface area (Å²) < 4.78 is 11.8. The van der Waals surface area contributed by atoms with Crippen LogP contribution in [0.2, 0.25) is 0 Å². The van der Waals surface area contributed by atoms with Crippen LogP contribution in [-0.4, -0.2) is 88.6 Å². The highest BCUT2D eigenvalue weighted by molar-refractivity contribution is 7.85. The first-order chi connectivity index (χ1) is 16.2. The SMILES string of the molecule is CCCCC1(C)CCC(Cl)CN=C(C(C(=O)NC2CNCCC2N2CCS(=O)CC2)C(N)N)C1. The van der Waals surface area contributed by atoms with Gasteiger partial charge in [0.2, 0.25) is 5.91 Å². The normalized spacial score (nSPS) is 33.1. The highest BCUT2D eigenvalue weighted by Crippen LogP contribution is 2.38. The molecule has 2 saturated heterocycles. The van der Waals surface area contributed by atoms with Gasteiger partial charge in [0.05, 0.1) is 24.1 Å². The quantitative estimate of drug-likeness (QED) is 0.283. The number of hydrogen-bond acceptors (Lipinski definition) is 7. The first kappa shape index (κ1) is 28.0. The van der Waals surface area contributed by atoms with Crippen LogP contribution in [0.3, 0.4) is 0 Å². The van der Waals surface area contributed by atoms with Gasteiger partial charge in [-0.1, -0.05) is 26.7 Å². The van der Waals surface area contributed by atoms with E-state index in [1.165, 1.54) is 0 Å². The molecule has 2 fully saturated rings. The Bertz CT molecular complexity index is 728. The lowest BCUT2D eigenvalue weighted by molar-refractivity contribution is -0.125. The summed E-state index contributed by atoms with van der Waals surface area (Å²) in [6.45, 7) is 8.21. The van der Waals surface area contributed by atoms with Crippen molar-refractivity contribution in [2.75, 3.05) is 44.2 Å². The van der Waals surface area contributed by atoms with E-state index >= 15 is 0 Å². The zero-order valence-corrected chi connectivity index (χ0v) is 22.5. The van der Waals surface area contributed by atoms with Crippen molar-refractivity contribution in [2.24, 2.45) is 27.8 Å². The molecule has 3 aliphatic heterocycles. The van der Waals surface area contributed by atoms with Crippen LogP contribution < -0.4 is 22.1 Å². The van der Waals surface area contributed by atoms with E-state index in [9.17, 15) is 9.00 Å². The number of carbonyl (C=O) groups is 1. The number of alkyl halides is 1. The second-order valence-corrected chi connectivity index (χ2v) is 13.0. The maximum Gasteiger partial charge on any atom is 0.232 e. The van der Waals surface area contributed by atoms with Gasteiger partial charge < -0.3 is 22.1 Å². The summed E-state index contributed by atoms with van der Waals surface area (Å²) in [5.74, 6) is 0.596. The van der Waals surface area contributed by atoms with Gasteiger partial charge in [-0.3, -0.25) is 18.9 Å². The van der Waals surface area contributed by atoms with Crippen LogP contribution in [0.1, 0.15) is 58.8 Å². The number of nitrogens with zero attached hydrogens (tertiary/aromatic N) is 2. The van der Waals surface area contributed by atoms with Crippen molar-refractivity contribution in [1.82, 2.24) is 15.5 Å². The molecule has 0 aromatic heterocycles. The molecule has 0 saturated carbocycles. The summed E-state index contributed by atoms with van der Waals surface area (Å²) in [6.07, 6.45) is 6.13. The van der Waals surface area contributed by atoms with E-state index in [0.29, 0.717) is 24.6 Å². The Morgan fingerprint density at radius 3 is 2.76 bits per heavy atom. The molecule has 5 unspecified atom stereocenters. The third-order valence-corrected chi connectivity index (χ3v) is 9.41. The fourth-order valence-electron chi connectivity index (χ4n) is 5.65. The van der Waals surface area contributed by atoms with Gasteiger partial charge in [-0.15, -0.1) is 11.6 Å². The summed E-state index contributed by atoms with van der Waals surface area (Å²) in [7, 11) is -0.725. The average Bonchev–Trinajstić information content (AvgIpc) is 2.80. The standard InChI is InChI=1S/C24H45ClN6O2S/c1-3-4-7-24(2)8-5-17(25)15-29-18(14-24)21(22(26)27)23(32)30-19-16-28-9-6-20(19)31-10-12-34(33)13-11-31/h17,19-22,28H,3-16,26-27H2,1-2H3,(H,30,32). The highest BCUT2D eigenvalue weighted by Gasteiger charge is 2.39. The molecule has 10 heteroatoms. The smallest absolute Gasteiger partial charge is 0.232 e. The molecule has 6 N–H and O–H groups in total. The van der Waals surface area contributed by atoms with E-state index in [4.69, 9.17) is 28.1 Å².